The molecule has 0 N–H and O–H groups in total. The van der Waals surface area contributed by atoms with E-state index in [1.165, 1.54) is 17.1 Å². The lowest BCUT2D eigenvalue weighted by molar-refractivity contribution is -0.384. The SMILES string of the molecule is COc1ccc(N2N=C(C)/C(=C/c3c(C)nn(-c4cccc([N+](=O)[O-])c4)c3C)C2=O)cc1. The maximum absolute atomic E-state index is 13.1. The van der Waals surface area contributed by atoms with Gasteiger partial charge in [0.1, 0.15) is 5.75 Å². The van der Waals surface area contributed by atoms with Gasteiger partial charge in [-0.15, -0.1) is 0 Å². The fourth-order valence-corrected chi connectivity index (χ4v) is 3.58. The van der Waals surface area contributed by atoms with Crippen LogP contribution in [-0.2, 0) is 4.79 Å². The number of nitro benzene ring substituents is 1. The predicted molar refractivity (Wildman–Crippen MR) is 121 cm³/mol. The molecule has 0 spiro atoms. The van der Waals surface area contributed by atoms with E-state index in [1.807, 2.05) is 13.8 Å². The number of hydrazone groups is 1. The Kier molecular flexibility index (Phi) is 5.31. The summed E-state index contributed by atoms with van der Waals surface area (Å²) in [5, 5.41) is 21.4. The van der Waals surface area contributed by atoms with E-state index in [-0.39, 0.29) is 11.6 Å². The van der Waals surface area contributed by atoms with Crippen LogP contribution >= 0.6 is 0 Å². The number of non-ortho nitro benzene ring substituents is 1. The summed E-state index contributed by atoms with van der Waals surface area (Å²) in [4.78, 5) is 23.8. The molecule has 3 aromatic rings. The van der Waals surface area contributed by atoms with Gasteiger partial charge in [-0.1, -0.05) is 6.07 Å². The van der Waals surface area contributed by atoms with Crippen LogP contribution in [0, 0.1) is 24.0 Å². The van der Waals surface area contributed by atoms with Gasteiger partial charge in [-0.05, 0) is 57.2 Å². The Labute approximate surface area is 184 Å². The molecule has 0 saturated carbocycles. The summed E-state index contributed by atoms with van der Waals surface area (Å²) in [5.74, 6) is 0.450. The minimum absolute atomic E-state index is 0.0148. The molecule has 1 aliphatic heterocycles. The van der Waals surface area contributed by atoms with Crippen molar-refractivity contribution in [2.24, 2.45) is 5.10 Å². The van der Waals surface area contributed by atoms with Crippen LogP contribution < -0.4 is 9.75 Å². The highest BCUT2D eigenvalue weighted by atomic mass is 16.6. The first-order valence-corrected chi connectivity index (χ1v) is 9.87. The maximum Gasteiger partial charge on any atom is 0.280 e. The number of carbonyl (C=O) groups excluding carboxylic acids is 1. The largest absolute Gasteiger partial charge is 0.497 e. The fourth-order valence-electron chi connectivity index (χ4n) is 3.58. The Bertz CT molecular complexity index is 1290. The molecule has 1 aromatic heterocycles. The van der Waals surface area contributed by atoms with Crippen molar-refractivity contribution in [1.29, 1.82) is 0 Å². The summed E-state index contributed by atoms with van der Waals surface area (Å²) in [7, 11) is 1.58. The van der Waals surface area contributed by atoms with Crippen molar-refractivity contribution in [3.63, 3.8) is 0 Å². The van der Waals surface area contributed by atoms with E-state index < -0.39 is 4.92 Å². The molecule has 0 fully saturated rings. The molecular weight excluding hydrogens is 410 g/mol. The molecule has 1 aliphatic rings. The molecule has 2 aromatic carbocycles. The molecule has 1 amide bonds. The molecule has 0 saturated heterocycles. The zero-order valence-electron chi connectivity index (χ0n) is 18.1. The first-order valence-electron chi connectivity index (χ1n) is 9.87. The highest BCUT2D eigenvalue weighted by Gasteiger charge is 2.29. The van der Waals surface area contributed by atoms with Gasteiger partial charge in [0.25, 0.3) is 11.6 Å². The van der Waals surface area contributed by atoms with Crippen LogP contribution in [0.3, 0.4) is 0 Å². The number of benzene rings is 2. The van der Waals surface area contributed by atoms with Crippen molar-refractivity contribution in [3.8, 4) is 11.4 Å². The lowest BCUT2D eigenvalue weighted by atomic mass is 10.1. The number of nitrogens with zero attached hydrogens (tertiary/aromatic N) is 5. The standard InChI is InChI=1S/C23H21N5O4/c1-14-21(16(3)26(24-14)18-6-5-7-19(12-18)28(30)31)13-22-15(2)25-27(23(22)29)17-8-10-20(32-4)11-9-17/h5-13H,1-4H3/b22-13-. The Hall–Kier alpha value is -4.27. The molecule has 2 heterocycles. The van der Waals surface area contributed by atoms with E-state index in [0.29, 0.717) is 34.1 Å². The number of aromatic nitrogens is 2. The van der Waals surface area contributed by atoms with Crippen LogP contribution in [-0.4, -0.2) is 33.4 Å². The summed E-state index contributed by atoms with van der Waals surface area (Å²) >= 11 is 0. The fraction of sp³-hybridized carbons (Fsp3) is 0.174. The monoisotopic (exact) mass is 431 g/mol. The molecule has 32 heavy (non-hydrogen) atoms. The van der Waals surface area contributed by atoms with E-state index in [9.17, 15) is 14.9 Å². The van der Waals surface area contributed by atoms with Gasteiger partial charge >= 0.3 is 0 Å². The van der Waals surface area contributed by atoms with Crippen molar-refractivity contribution >= 4 is 29.1 Å². The molecule has 9 nitrogen and oxygen atoms in total. The zero-order chi connectivity index (χ0) is 23.0. The summed E-state index contributed by atoms with van der Waals surface area (Å²) in [6.07, 6.45) is 1.77. The summed E-state index contributed by atoms with van der Waals surface area (Å²) < 4.78 is 6.81. The maximum atomic E-state index is 13.1. The van der Waals surface area contributed by atoms with Crippen molar-refractivity contribution < 1.29 is 14.5 Å². The van der Waals surface area contributed by atoms with Gasteiger partial charge in [0, 0.05) is 23.4 Å². The number of amides is 1. The second-order valence-electron chi connectivity index (χ2n) is 7.33. The number of hydrogen-bond donors (Lipinski definition) is 0. The van der Waals surface area contributed by atoms with Crippen molar-refractivity contribution in [1.82, 2.24) is 9.78 Å². The summed E-state index contributed by atoms with van der Waals surface area (Å²) in [6.45, 7) is 5.47. The van der Waals surface area contributed by atoms with Gasteiger partial charge in [0.2, 0.25) is 0 Å². The Morgan fingerprint density at radius 1 is 1.06 bits per heavy atom. The molecule has 0 unspecified atom stereocenters. The molecule has 0 atom stereocenters. The highest BCUT2D eigenvalue weighted by Crippen LogP contribution is 2.29. The van der Waals surface area contributed by atoms with E-state index in [2.05, 4.69) is 10.2 Å². The molecule has 0 aliphatic carbocycles. The lowest BCUT2D eigenvalue weighted by Gasteiger charge is -2.12. The number of ether oxygens (including phenoxy) is 1. The first-order chi connectivity index (χ1) is 15.3. The first kappa shape index (κ1) is 21.0. The molecule has 0 radical (unpaired) electrons. The van der Waals surface area contributed by atoms with Crippen LogP contribution in [0.5, 0.6) is 5.75 Å². The van der Waals surface area contributed by atoms with Crippen LogP contribution in [0.2, 0.25) is 0 Å². The second kappa shape index (κ2) is 8.10. The number of anilines is 1. The quantitative estimate of drug-likeness (QED) is 0.342. The average Bonchev–Trinajstić information content (AvgIpc) is 3.24. The average molecular weight is 431 g/mol. The van der Waals surface area contributed by atoms with Gasteiger partial charge in [0.05, 0.1) is 40.4 Å². The Morgan fingerprint density at radius 2 is 1.78 bits per heavy atom. The van der Waals surface area contributed by atoms with Gasteiger partial charge in [-0.2, -0.15) is 15.2 Å². The van der Waals surface area contributed by atoms with Crippen molar-refractivity contribution in [2.75, 3.05) is 12.1 Å². The van der Waals surface area contributed by atoms with Gasteiger partial charge in [-0.25, -0.2) is 4.68 Å². The Morgan fingerprint density at radius 3 is 2.44 bits per heavy atom. The predicted octanol–water partition coefficient (Wildman–Crippen LogP) is 4.21. The van der Waals surface area contributed by atoms with Crippen LogP contribution in [0.1, 0.15) is 23.9 Å². The minimum atomic E-state index is -0.442. The lowest BCUT2D eigenvalue weighted by Crippen LogP contribution is -2.21. The van der Waals surface area contributed by atoms with Crippen molar-refractivity contribution in [3.05, 3.63) is 81.2 Å². The summed E-state index contributed by atoms with van der Waals surface area (Å²) in [5.41, 5.74) is 4.49. The molecular formula is C23H21N5O4. The number of nitro groups is 1. The smallest absolute Gasteiger partial charge is 0.280 e. The van der Waals surface area contributed by atoms with Crippen LogP contribution in [0.4, 0.5) is 11.4 Å². The third-order valence-electron chi connectivity index (χ3n) is 5.30. The number of hydrogen-bond acceptors (Lipinski definition) is 6. The van der Waals surface area contributed by atoms with Crippen LogP contribution in [0.25, 0.3) is 11.8 Å². The Balaban J connectivity index is 1.70. The number of methoxy groups -OCH3 is 1. The molecule has 4 rings (SSSR count). The van der Waals surface area contributed by atoms with Gasteiger partial charge in [0.15, 0.2) is 0 Å². The molecule has 162 valence electrons. The normalized spacial score (nSPS) is 14.8. The third-order valence-corrected chi connectivity index (χ3v) is 5.30. The second-order valence-corrected chi connectivity index (χ2v) is 7.33. The van der Waals surface area contributed by atoms with E-state index in [4.69, 9.17) is 4.74 Å². The van der Waals surface area contributed by atoms with Crippen molar-refractivity contribution in [2.45, 2.75) is 20.8 Å². The molecule has 9 heteroatoms. The highest BCUT2D eigenvalue weighted by molar-refractivity contribution is 6.32. The van der Waals surface area contributed by atoms with E-state index in [1.54, 1.807) is 61.2 Å². The number of aryl methyl sites for hydroxylation is 1. The topological polar surface area (TPSA) is 103 Å². The van der Waals surface area contributed by atoms with Gasteiger partial charge < -0.3 is 4.74 Å². The van der Waals surface area contributed by atoms with Crippen LogP contribution in [0.15, 0.2) is 59.2 Å². The number of carbonyl (C=O) groups is 1. The third kappa shape index (κ3) is 3.64. The summed E-state index contributed by atoms with van der Waals surface area (Å²) in [6, 6.07) is 13.4. The van der Waals surface area contributed by atoms with E-state index in [0.717, 1.165) is 11.3 Å². The number of rotatable bonds is 5. The zero-order valence-corrected chi connectivity index (χ0v) is 18.1. The minimum Gasteiger partial charge on any atom is -0.497 e. The molecule has 0 bridgehead atoms. The van der Waals surface area contributed by atoms with Gasteiger partial charge in [-0.3, -0.25) is 14.9 Å². The van der Waals surface area contributed by atoms with E-state index >= 15 is 0 Å².